The fourth-order valence-electron chi connectivity index (χ4n) is 2.94. The number of anilines is 1. The van der Waals surface area contributed by atoms with Gasteiger partial charge in [-0.3, -0.25) is 0 Å². The van der Waals surface area contributed by atoms with Crippen molar-refractivity contribution < 1.29 is 0 Å². The summed E-state index contributed by atoms with van der Waals surface area (Å²) >= 11 is 8.00. The van der Waals surface area contributed by atoms with E-state index in [2.05, 4.69) is 17.2 Å². The molecule has 0 spiro atoms. The minimum atomic E-state index is 0.555. The van der Waals surface area contributed by atoms with Crippen LogP contribution in [0, 0.1) is 5.92 Å². The van der Waals surface area contributed by atoms with E-state index in [9.17, 15) is 0 Å². The largest absolute Gasteiger partial charge is 0.379 e. The van der Waals surface area contributed by atoms with Gasteiger partial charge in [-0.2, -0.15) is 0 Å². The van der Waals surface area contributed by atoms with E-state index in [0.29, 0.717) is 6.04 Å². The summed E-state index contributed by atoms with van der Waals surface area (Å²) in [7, 11) is 0. The Morgan fingerprint density at radius 3 is 3.17 bits per heavy atom. The van der Waals surface area contributed by atoms with Gasteiger partial charge in [0, 0.05) is 6.04 Å². The predicted octanol–water partition coefficient (Wildman–Crippen LogP) is 4.94. The molecule has 1 aliphatic carbocycles. The summed E-state index contributed by atoms with van der Waals surface area (Å²) in [6.45, 7) is 2.27. The SMILES string of the molecule is CCC1CCCC1Nc1c(Cl)ccc2scnc12. The van der Waals surface area contributed by atoms with Crippen molar-refractivity contribution in [2.45, 2.75) is 38.6 Å². The maximum atomic E-state index is 6.33. The lowest BCUT2D eigenvalue weighted by Gasteiger charge is -2.21. The van der Waals surface area contributed by atoms with Crippen LogP contribution in [-0.2, 0) is 0 Å². The van der Waals surface area contributed by atoms with Crippen molar-refractivity contribution in [3.8, 4) is 0 Å². The molecule has 1 aliphatic rings. The van der Waals surface area contributed by atoms with E-state index in [0.717, 1.165) is 22.1 Å². The number of nitrogens with zero attached hydrogens (tertiary/aromatic N) is 1. The van der Waals surface area contributed by atoms with Gasteiger partial charge in [-0.05, 0) is 30.9 Å². The maximum Gasteiger partial charge on any atom is 0.106 e. The van der Waals surface area contributed by atoms with Gasteiger partial charge in [-0.1, -0.05) is 31.4 Å². The second-order valence-corrected chi connectivity index (χ2v) is 6.27. The minimum Gasteiger partial charge on any atom is -0.379 e. The summed E-state index contributed by atoms with van der Waals surface area (Å²) in [5, 5.41) is 4.44. The third kappa shape index (κ3) is 2.10. The molecule has 1 saturated carbocycles. The lowest BCUT2D eigenvalue weighted by molar-refractivity contribution is 0.489. The van der Waals surface area contributed by atoms with E-state index in [1.807, 2.05) is 17.6 Å². The van der Waals surface area contributed by atoms with Gasteiger partial charge >= 0.3 is 0 Å². The average molecular weight is 281 g/mol. The first-order valence-corrected chi connectivity index (χ1v) is 7.83. The Labute approximate surface area is 116 Å². The second kappa shape index (κ2) is 5.06. The summed E-state index contributed by atoms with van der Waals surface area (Å²) in [6, 6.07) is 4.58. The number of rotatable bonds is 3. The lowest BCUT2D eigenvalue weighted by Crippen LogP contribution is -2.23. The third-order valence-electron chi connectivity index (χ3n) is 3.96. The van der Waals surface area contributed by atoms with Gasteiger partial charge < -0.3 is 5.32 Å². The molecule has 1 N–H and O–H groups in total. The van der Waals surface area contributed by atoms with Crippen molar-refractivity contribution in [2.75, 3.05) is 5.32 Å². The zero-order chi connectivity index (χ0) is 12.5. The molecule has 2 nitrogen and oxygen atoms in total. The standard InChI is InChI=1S/C14H17ClN2S/c1-2-9-4-3-5-11(9)17-13-10(15)6-7-12-14(13)16-8-18-12/h6-9,11,17H,2-5H2,1H3. The van der Waals surface area contributed by atoms with E-state index >= 15 is 0 Å². The van der Waals surface area contributed by atoms with Gasteiger partial charge in [0.05, 0.1) is 20.9 Å². The Morgan fingerprint density at radius 2 is 2.33 bits per heavy atom. The first kappa shape index (κ1) is 12.2. The molecule has 0 bridgehead atoms. The van der Waals surface area contributed by atoms with Gasteiger partial charge in [-0.15, -0.1) is 11.3 Å². The Kier molecular flexibility index (Phi) is 3.44. The van der Waals surface area contributed by atoms with Gasteiger partial charge in [0.15, 0.2) is 0 Å². The van der Waals surface area contributed by atoms with Gasteiger partial charge in [-0.25, -0.2) is 4.98 Å². The van der Waals surface area contributed by atoms with Crippen molar-refractivity contribution >= 4 is 38.8 Å². The number of hydrogen-bond donors (Lipinski definition) is 1. The van der Waals surface area contributed by atoms with Crippen molar-refractivity contribution in [2.24, 2.45) is 5.92 Å². The second-order valence-electron chi connectivity index (χ2n) is 4.97. The Morgan fingerprint density at radius 1 is 1.44 bits per heavy atom. The molecule has 1 aromatic carbocycles. The molecule has 0 radical (unpaired) electrons. The van der Waals surface area contributed by atoms with E-state index < -0.39 is 0 Å². The average Bonchev–Trinajstić information content (AvgIpc) is 3.01. The number of halogens is 1. The summed E-state index contributed by atoms with van der Waals surface area (Å²) in [5.74, 6) is 0.773. The lowest BCUT2D eigenvalue weighted by atomic mass is 10.0. The van der Waals surface area contributed by atoms with Crippen molar-refractivity contribution in [3.63, 3.8) is 0 Å². The molecule has 1 fully saturated rings. The van der Waals surface area contributed by atoms with Crippen LogP contribution in [0.15, 0.2) is 17.6 Å². The Bertz CT molecular complexity index is 552. The van der Waals surface area contributed by atoms with E-state index in [4.69, 9.17) is 11.6 Å². The van der Waals surface area contributed by atoms with E-state index in [1.165, 1.54) is 30.4 Å². The predicted molar refractivity (Wildman–Crippen MR) is 79.7 cm³/mol. The molecule has 3 rings (SSSR count). The molecule has 4 heteroatoms. The Hall–Kier alpha value is -0.800. The molecule has 0 saturated heterocycles. The Balaban J connectivity index is 1.94. The molecule has 0 amide bonds. The highest BCUT2D eigenvalue weighted by molar-refractivity contribution is 7.16. The molecule has 1 heterocycles. The highest BCUT2D eigenvalue weighted by Crippen LogP contribution is 2.37. The monoisotopic (exact) mass is 280 g/mol. The van der Waals surface area contributed by atoms with Gasteiger partial charge in [0.2, 0.25) is 0 Å². The van der Waals surface area contributed by atoms with Crippen LogP contribution in [-0.4, -0.2) is 11.0 Å². The van der Waals surface area contributed by atoms with Crippen LogP contribution in [0.1, 0.15) is 32.6 Å². The zero-order valence-corrected chi connectivity index (χ0v) is 12.0. The summed E-state index contributed by atoms with van der Waals surface area (Å²) in [4.78, 5) is 4.44. The van der Waals surface area contributed by atoms with Gasteiger partial charge in [0.1, 0.15) is 5.52 Å². The van der Waals surface area contributed by atoms with Crippen LogP contribution in [0.25, 0.3) is 10.2 Å². The molecule has 96 valence electrons. The first-order valence-electron chi connectivity index (χ1n) is 6.58. The first-order chi connectivity index (χ1) is 8.79. The zero-order valence-electron chi connectivity index (χ0n) is 10.4. The maximum absolute atomic E-state index is 6.33. The minimum absolute atomic E-state index is 0.555. The molecule has 1 aromatic heterocycles. The van der Waals surface area contributed by atoms with Crippen molar-refractivity contribution in [1.82, 2.24) is 4.98 Å². The van der Waals surface area contributed by atoms with Crippen molar-refractivity contribution in [1.29, 1.82) is 0 Å². The number of fused-ring (bicyclic) bond motifs is 1. The molecule has 18 heavy (non-hydrogen) atoms. The van der Waals surface area contributed by atoms with Crippen LogP contribution in [0.3, 0.4) is 0 Å². The third-order valence-corrected chi connectivity index (χ3v) is 5.07. The highest BCUT2D eigenvalue weighted by Gasteiger charge is 2.26. The smallest absolute Gasteiger partial charge is 0.106 e. The van der Waals surface area contributed by atoms with Crippen LogP contribution in [0.4, 0.5) is 5.69 Å². The van der Waals surface area contributed by atoms with E-state index in [-0.39, 0.29) is 0 Å². The normalized spacial score (nSPS) is 23.7. The molecular weight excluding hydrogens is 264 g/mol. The molecule has 2 aromatic rings. The van der Waals surface area contributed by atoms with Crippen molar-refractivity contribution in [3.05, 3.63) is 22.7 Å². The number of benzene rings is 1. The number of hydrogen-bond acceptors (Lipinski definition) is 3. The van der Waals surface area contributed by atoms with E-state index in [1.54, 1.807) is 11.3 Å². The fraction of sp³-hybridized carbons (Fsp3) is 0.500. The van der Waals surface area contributed by atoms with Crippen LogP contribution >= 0.6 is 22.9 Å². The van der Waals surface area contributed by atoms with Crippen LogP contribution < -0.4 is 5.32 Å². The summed E-state index contributed by atoms with van der Waals surface area (Å²) in [5.41, 5.74) is 3.94. The molecule has 2 atom stereocenters. The highest BCUT2D eigenvalue weighted by atomic mass is 35.5. The van der Waals surface area contributed by atoms with Crippen LogP contribution in [0.5, 0.6) is 0 Å². The fourth-order valence-corrected chi connectivity index (χ4v) is 3.84. The molecule has 0 aliphatic heterocycles. The van der Waals surface area contributed by atoms with Crippen LogP contribution in [0.2, 0.25) is 5.02 Å². The number of aromatic nitrogens is 1. The summed E-state index contributed by atoms with van der Waals surface area (Å²) in [6.07, 6.45) is 5.14. The molecule has 2 unspecified atom stereocenters. The molecular formula is C14H17ClN2S. The number of thiazole rings is 1. The topological polar surface area (TPSA) is 24.9 Å². The summed E-state index contributed by atoms with van der Waals surface area (Å²) < 4.78 is 1.20. The number of nitrogens with one attached hydrogen (secondary N) is 1. The van der Waals surface area contributed by atoms with Gasteiger partial charge in [0.25, 0.3) is 0 Å². The quantitative estimate of drug-likeness (QED) is 0.861.